The number of nitrogen functional groups attached to an aromatic ring is 1. The molecule has 1 aromatic carbocycles. The molecule has 6 heteroatoms. The van der Waals surface area contributed by atoms with Crippen LogP contribution in [0.2, 0.25) is 0 Å². The first-order valence-electron chi connectivity index (χ1n) is 5.29. The van der Waals surface area contributed by atoms with Crippen molar-refractivity contribution >= 4 is 38.9 Å². The second kappa shape index (κ2) is 4.55. The molecule has 0 aliphatic rings. The number of benzene rings is 1. The number of hydrogen-bond donors (Lipinski definition) is 1. The molecular weight excluding hydrogens is 268 g/mol. The summed E-state index contributed by atoms with van der Waals surface area (Å²) in [5.74, 6) is 0.761. The molecule has 2 heterocycles. The number of thiophene rings is 1. The van der Waals surface area contributed by atoms with E-state index in [4.69, 9.17) is 10.2 Å². The van der Waals surface area contributed by atoms with Crippen LogP contribution in [0.15, 0.2) is 44.3 Å². The van der Waals surface area contributed by atoms with E-state index in [1.54, 1.807) is 18.2 Å². The monoisotopic (exact) mass is 278 g/mol. The van der Waals surface area contributed by atoms with Gasteiger partial charge in [-0.15, -0.1) is 11.3 Å². The van der Waals surface area contributed by atoms with Gasteiger partial charge in [0.1, 0.15) is 11.3 Å². The Morgan fingerprint density at radius 1 is 1.39 bits per heavy atom. The van der Waals surface area contributed by atoms with E-state index >= 15 is 0 Å². The van der Waals surface area contributed by atoms with Gasteiger partial charge in [0, 0.05) is 11.8 Å². The van der Waals surface area contributed by atoms with E-state index in [2.05, 4.69) is 4.98 Å². The van der Waals surface area contributed by atoms with Crippen molar-refractivity contribution in [2.45, 2.75) is 9.96 Å². The summed E-state index contributed by atoms with van der Waals surface area (Å²) in [7, 11) is -1.10. The molecule has 0 amide bonds. The van der Waals surface area contributed by atoms with Gasteiger partial charge in [0.05, 0.1) is 15.0 Å². The maximum Gasteiger partial charge on any atom is 0.208 e. The van der Waals surface area contributed by atoms with Crippen molar-refractivity contribution in [2.24, 2.45) is 0 Å². The molecular formula is C12H10N2O2S2. The lowest BCUT2D eigenvalue weighted by molar-refractivity contribution is 0.552. The van der Waals surface area contributed by atoms with Crippen LogP contribution in [0.1, 0.15) is 5.89 Å². The topological polar surface area (TPSA) is 69.1 Å². The van der Waals surface area contributed by atoms with E-state index in [9.17, 15) is 4.21 Å². The van der Waals surface area contributed by atoms with Gasteiger partial charge in [-0.05, 0) is 23.6 Å². The summed E-state index contributed by atoms with van der Waals surface area (Å²) < 4.78 is 18.4. The van der Waals surface area contributed by atoms with Gasteiger partial charge in [0.25, 0.3) is 0 Å². The van der Waals surface area contributed by atoms with Gasteiger partial charge in [-0.25, -0.2) is 4.98 Å². The lowest BCUT2D eigenvalue weighted by atomic mass is 10.3. The predicted molar refractivity (Wildman–Crippen MR) is 72.9 cm³/mol. The third-order valence-corrected chi connectivity index (χ3v) is 5.03. The third kappa shape index (κ3) is 2.16. The summed E-state index contributed by atoms with van der Waals surface area (Å²) >= 11 is 1.47. The summed E-state index contributed by atoms with van der Waals surface area (Å²) in [6.07, 6.45) is 0. The van der Waals surface area contributed by atoms with Gasteiger partial charge in [0.15, 0.2) is 5.58 Å². The van der Waals surface area contributed by atoms with Crippen molar-refractivity contribution in [1.29, 1.82) is 0 Å². The highest BCUT2D eigenvalue weighted by Crippen LogP contribution is 2.22. The molecule has 1 atom stereocenters. The van der Waals surface area contributed by atoms with Crippen molar-refractivity contribution < 1.29 is 8.63 Å². The molecule has 0 saturated heterocycles. The first kappa shape index (κ1) is 11.4. The minimum atomic E-state index is -1.10. The average Bonchev–Trinajstić information content (AvgIpc) is 2.95. The number of fused-ring (bicyclic) bond motifs is 1. The molecule has 3 rings (SSSR count). The number of nitrogens with two attached hydrogens (primary N) is 1. The highest BCUT2D eigenvalue weighted by Gasteiger charge is 2.12. The van der Waals surface area contributed by atoms with Crippen molar-refractivity contribution in [3.05, 3.63) is 41.6 Å². The Kier molecular flexibility index (Phi) is 2.89. The zero-order valence-corrected chi connectivity index (χ0v) is 11.0. The van der Waals surface area contributed by atoms with E-state index in [1.165, 1.54) is 11.3 Å². The number of rotatable bonds is 3. The quantitative estimate of drug-likeness (QED) is 0.748. The highest BCUT2D eigenvalue weighted by atomic mass is 32.2. The molecule has 92 valence electrons. The lowest BCUT2D eigenvalue weighted by Crippen LogP contribution is -1.93. The summed E-state index contributed by atoms with van der Waals surface area (Å²) in [6, 6.07) is 9.02. The molecule has 0 aliphatic heterocycles. The Bertz CT molecular complexity index is 704. The zero-order valence-electron chi connectivity index (χ0n) is 9.33. The molecule has 0 spiro atoms. The van der Waals surface area contributed by atoms with Crippen LogP contribution in [-0.2, 0) is 16.6 Å². The second-order valence-electron chi connectivity index (χ2n) is 3.76. The van der Waals surface area contributed by atoms with Crippen LogP contribution >= 0.6 is 11.3 Å². The standard InChI is InChI=1S/C12H10N2O2S2/c13-8-3-4-9-10(6-8)16-11(14-9)7-18(15)12-2-1-5-17-12/h1-6H,7,13H2. The number of oxazole rings is 1. The largest absolute Gasteiger partial charge is 0.440 e. The first-order valence-corrected chi connectivity index (χ1v) is 7.49. The van der Waals surface area contributed by atoms with Crippen LogP contribution in [0, 0.1) is 0 Å². The fourth-order valence-electron chi connectivity index (χ4n) is 1.63. The van der Waals surface area contributed by atoms with Crippen LogP contribution in [0.5, 0.6) is 0 Å². The van der Waals surface area contributed by atoms with Crippen molar-refractivity contribution in [2.75, 3.05) is 5.73 Å². The normalized spacial score (nSPS) is 12.9. The molecule has 0 bridgehead atoms. The van der Waals surface area contributed by atoms with Crippen LogP contribution in [0.4, 0.5) is 5.69 Å². The Hall–Kier alpha value is -1.66. The Labute approximate surface area is 110 Å². The average molecular weight is 278 g/mol. The molecule has 4 nitrogen and oxygen atoms in total. The molecule has 1 unspecified atom stereocenters. The van der Waals surface area contributed by atoms with Crippen molar-refractivity contribution in [3.63, 3.8) is 0 Å². The maximum atomic E-state index is 12.0. The third-order valence-electron chi connectivity index (χ3n) is 2.43. The SMILES string of the molecule is Nc1ccc2nc(CS(=O)c3cccs3)oc2c1. The summed E-state index contributed by atoms with van der Waals surface area (Å²) in [5.41, 5.74) is 7.67. The molecule has 3 aromatic rings. The summed E-state index contributed by atoms with van der Waals surface area (Å²) in [6.45, 7) is 0. The summed E-state index contributed by atoms with van der Waals surface area (Å²) in [4.78, 5) is 4.29. The van der Waals surface area contributed by atoms with E-state index in [1.807, 2.05) is 17.5 Å². The van der Waals surface area contributed by atoms with Crippen LogP contribution < -0.4 is 5.73 Å². The van der Waals surface area contributed by atoms with Gasteiger partial charge in [-0.3, -0.25) is 4.21 Å². The Balaban J connectivity index is 1.89. The van der Waals surface area contributed by atoms with E-state index in [0.29, 0.717) is 17.2 Å². The smallest absolute Gasteiger partial charge is 0.208 e. The molecule has 0 aliphatic carbocycles. The van der Waals surface area contributed by atoms with E-state index < -0.39 is 10.8 Å². The molecule has 2 aromatic heterocycles. The minimum Gasteiger partial charge on any atom is -0.440 e. The maximum absolute atomic E-state index is 12.0. The Morgan fingerprint density at radius 2 is 2.28 bits per heavy atom. The van der Waals surface area contributed by atoms with Gasteiger partial charge >= 0.3 is 0 Å². The van der Waals surface area contributed by atoms with Gasteiger partial charge in [-0.2, -0.15) is 0 Å². The molecule has 0 radical (unpaired) electrons. The number of hydrogen-bond acceptors (Lipinski definition) is 5. The number of nitrogens with zero attached hydrogens (tertiary/aromatic N) is 1. The Morgan fingerprint density at radius 3 is 3.06 bits per heavy atom. The molecule has 0 saturated carbocycles. The first-order chi connectivity index (χ1) is 8.72. The predicted octanol–water partition coefficient (Wildman–Crippen LogP) is 2.78. The van der Waals surface area contributed by atoms with E-state index in [-0.39, 0.29) is 5.75 Å². The van der Waals surface area contributed by atoms with Crippen LogP contribution in [0.25, 0.3) is 11.1 Å². The van der Waals surface area contributed by atoms with Gasteiger partial charge in [0.2, 0.25) is 5.89 Å². The van der Waals surface area contributed by atoms with Crippen LogP contribution in [-0.4, -0.2) is 9.19 Å². The summed E-state index contributed by atoms with van der Waals surface area (Å²) in [5, 5.41) is 1.90. The fraction of sp³-hybridized carbons (Fsp3) is 0.0833. The fourth-order valence-corrected chi connectivity index (χ4v) is 3.57. The number of aromatic nitrogens is 1. The van der Waals surface area contributed by atoms with E-state index in [0.717, 1.165) is 9.73 Å². The molecule has 0 fully saturated rings. The highest BCUT2D eigenvalue weighted by molar-refractivity contribution is 7.86. The van der Waals surface area contributed by atoms with Crippen molar-refractivity contribution in [1.82, 2.24) is 4.98 Å². The van der Waals surface area contributed by atoms with Gasteiger partial charge in [-0.1, -0.05) is 6.07 Å². The molecule has 18 heavy (non-hydrogen) atoms. The number of anilines is 1. The van der Waals surface area contributed by atoms with Crippen molar-refractivity contribution in [3.8, 4) is 0 Å². The van der Waals surface area contributed by atoms with Crippen LogP contribution in [0.3, 0.4) is 0 Å². The molecule has 2 N–H and O–H groups in total. The van der Waals surface area contributed by atoms with Gasteiger partial charge < -0.3 is 10.2 Å². The second-order valence-corrected chi connectivity index (χ2v) is 6.38. The lowest BCUT2D eigenvalue weighted by Gasteiger charge is -1.93. The minimum absolute atomic E-state index is 0.287. The zero-order chi connectivity index (χ0) is 12.5.